The molecular formula is C22H27ClN2O3S. The molecule has 7 heteroatoms. The highest BCUT2D eigenvalue weighted by Crippen LogP contribution is 2.28. The van der Waals surface area contributed by atoms with Crippen LogP contribution in [-0.2, 0) is 14.8 Å². The van der Waals surface area contributed by atoms with Crippen molar-refractivity contribution in [3.63, 3.8) is 0 Å². The van der Waals surface area contributed by atoms with E-state index in [0.29, 0.717) is 10.7 Å². The molecule has 0 heterocycles. The van der Waals surface area contributed by atoms with Gasteiger partial charge < -0.3 is 5.32 Å². The standard InChI is InChI=1S/C22H27ClN2O3S/c1-16-8-9-17(2)21(14-16)24-22(26)15-25(19-6-4-3-5-7-19)29(27,28)20-12-10-18(23)11-13-20/h8-14,19H,3-7,15H2,1-2H3,(H,24,26). The van der Waals surface area contributed by atoms with Crippen LogP contribution in [-0.4, -0.2) is 31.2 Å². The van der Waals surface area contributed by atoms with Gasteiger partial charge in [-0.1, -0.05) is 43.0 Å². The van der Waals surface area contributed by atoms with E-state index in [9.17, 15) is 13.2 Å². The summed E-state index contributed by atoms with van der Waals surface area (Å²) in [6.45, 7) is 3.66. The Labute approximate surface area is 178 Å². The Hall–Kier alpha value is -1.89. The lowest BCUT2D eigenvalue weighted by Gasteiger charge is -2.33. The number of hydrogen-bond donors (Lipinski definition) is 1. The summed E-state index contributed by atoms with van der Waals surface area (Å²) in [7, 11) is -3.81. The van der Waals surface area contributed by atoms with Crippen LogP contribution in [0.5, 0.6) is 0 Å². The van der Waals surface area contributed by atoms with Crippen molar-refractivity contribution in [1.29, 1.82) is 0 Å². The summed E-state index contributed by atoms with van der Waals surface area (Å²) in [5, 5.41) is 3.36. The number of halogens is 1. The fraction of sp³-hybridized carbons (Fsp3) is 0.409. The second-order valence-electron chi connectivity index (χ2n) is 7.66. The maximum absolute atomic E-state index is 13.4. The van der Waals surface area contributed by atoms with Crippen LogP contribution < -0.4 is 5.32 Å². The first-order chi connectivity index (χ1) is 13.8. The van der Waals surface area contributed by atoms with Gasteiger partial charge in [-0.25, -0.2) is 8.42 Å². The van der Waals surface area contributed by atoms with Crippen LogP contribution in [0.4, 0.5) is 5.69 Å². The number of amides is 1. The van der Waals surface area contributed by atoms with E-state index in [1.165, 1.54) is 16.4 Å². The van der Waals surface area contributed by atoms with Gasteiger partial charge in [0.05, 0.1) is 11.4 Å². The molecule has 1 aliphatic rings. The molecule has 1 N–H and O–H groups in total. The number of nitrogens with zero attached hydrogens (tertiary/aromatic N) is 1. The summed E-state index contributed by atoms with van der Waals surface area (Å²) in [4.78, 5) is 13.0. The third-order valence-corrected chi connectivity index (χ3v) is 7.53. The minimum Gasteiger partial charge on any atom is -0.325 e. The monoisotopic (exact) mass is 434 g/mol. The van der Waals surface area contributed by atoms with E-state index in [1.807, 2.05) is 32.0 Å². The van der Waals surface area contributed by atoms with Crippen molar-refractivity contribution in [2.24, 2.45) is 0 Å². The van der Waals surface area contributed by atoms with Crippen LogP contribution in [0.1, 0.15) is 43.2 Å². The van der Waals surface area contributed by atoms with Crippen molar-refractivity contribution >= 4 is 33.2 Å². The van der Waals surface area contributed by atoms with Gasteiger partial charge in [0, 0.05) is 16.8 Å². The lowest BCUT2D eigenvalue weighted by atomic mass is 9.95. The van der Waals surface area contributed by atoms with Crippen LogP contribution in [0.15, 0.2) is 47.4 Å². The number of rotatable bonds is 6. The normalized spacial score (nSPS) is 15.4. The Morgan fingerprint density at radius 1 is 1.07 bits per heavy atom. The van der Waals surface area contributed by atoms with Gasteiger partial charge >= 0.3 is 0 Å². The van der Waals surface area contributed by atoms with Crippen LogP contribution >= 0.6 is 11.6 Å². The van der Waals surface area contributed by atoms with Crippen LogP contribution in [0.3, 0.4) is 0 Å². The highest BCUT2D eigenvalue weighted by atomic mass is 35.5. The first-order valence-corrected chi connectivity index (χ1v) is 11.7. The molecule has 2 aromatic carbocycles. The van der Waals surface area contributed by atoms with Crippen molar-refractivity contribution in [2.75, 3.05) is 11.9 Å². The van der Waals surface area contributed by atoms with E-state index in [2.05, 4.69) is 5.32 Å². The predicted molar refractivity (Wildman–Crippen MR) is 117 cm³/mol. The van der Waals surface area contributed by atoms with Gasteiger partial charge in [0.15, 0.2) is 0 Å². The number of nitrogens with one attached hydrogen (secondary N) is 1. The maximum atomic E-state index is 13.4. The zero-order chi connectivity index (χ0) is 21.0. The van der Waals surface area contributed by atoms with Gasteiger partial charge in [0.1, 0.15) is 0 Å². The topological polar surface area (TPSA) is 66.5 Å². The molecule has 0 unspecified atom stereocenters. The largest absolute Gasteiger partial charge is 0.325 e. The zero-order valence-corrected chi connectivity index (χ0v) is 18.4. The molecule has 1 saturated carbocycles. The Morgan fingerprint density at radius 2 is 1.72 bits per heavy atom. The van der Waals surface area contributed by atoms with E-state index in [4.69, 9.17) is 11.6 Å². The van der Waals surface area contributed by atoms with Crippen LogP contribution in [0.25, 0.3) is 0 Å². The highest BCUT2D eigenvalue weighted by molar-refractivity contribution is 7.89. The molecule has 1 aliphatic carbocycles. The van der Waals surface area contributed by atoms with E-state index in [1.54, 1.807) is 12.1 Å². The van der Waals surface area contributed by atoms with Crippen molar-refractivity contribution in [1.82, 2.24) is 4.31 Å². The minimum atomic E-state index is -3.81. The van der Waals surface area contributed by atoms with Gasteiger partial charge in [-0.3, -0.25) is 4.79 Å². The smallest absolute Gasteiger partial charge is 0.243 e. The molecule has 0 aliphatic heterocycles. The van der Waals surface area contributed by atoms with E-state index < -0.39 is 10.0 Å². The van der Waals surface area contributed by atoms with Crippen molar-refractivity contribution in [2.45, 2.75) is 56.9 Å². The Kier molecular flexibility index (Phi) is 6.98. The number of anilines is 1. The molecule has 0 saturated heterocycles. The fourth-order valence-corrected chi connectivity index (χ4v) is 5.49. The molecule has 29 heavy (non-hydrogen) atoms. The van der Waals surface area contributed by atoms with Gasteiger partial charge in [-0.2, -0.15) is 4.31 Å². The quantitative estimate of drug-likeness (QED) is 0.701. The lowest BCUT2D eigenvalue weighted by molar-refractivity contribution is -0.116. The lowest BCUT2D eigenvalue weighted by Crippen LogP contribution is -2.45. The van der Waals surface area contributed by atoms with Gasteiger partial charge in [0.25, 0.3) is 0 Å². The Morgan fingerprint density at radius 3 is 2.38 bits per heavy atom. The van der Waals surface area contributed by atoms with Crippen LogP contribution in [0.2, 0.25) is 5.02 Å². The number of benzene rings is 2. The number of aryl methyl sites for hydroxylation is 2. The van der Waals surface area contributed by atoms with Gasteiger partial charge in [0.2, 0.25) is 15.9 Å². The second kappa shape index (κ2) is 9.28. The Bertz CT molecular complexity index is 968. The number of carbonyl (C=O) groups is 1. The first-order valence-electron chi connectivity index (χ1n) is 9.92. The molecule has 1 fully saturated rings. The molecule has 156 valence electrons. The molecule has 0 radical (unpaired) electrons. The second-order valence-corrected chi connectivity index (χ2v) is 9.99. The third kappa shape index (κ3) is 5.38. The molecule has 5 nitrogen and oxygen atoms in total. The van der Waals surface area contributed by atoms with E-state index in [-0.39, 0.29) is 23.4 Å². The average Bonchev–Trinajstić information content (AvgIpc) is 2.70. The zero-order valence-electron chi connectivity index (χ0n) is 16.8. The maximum Gasteiger partial charge on any atom is 0.243 e. The van der Waals surface area contributed by atoms with E-state index >= 15 is 0 Å². The molecular weight excluding hydrogens is 408 g/mol. The predicted octanol–water partition coefficient (Wildman–Crippen LogP) is 4.92. The summed E-state index contributed by atoms with van der Waals surface area (Å²) in [6.07, 6.45) is 4.57. The molecule has 0 aromatic heterocycles. The number of hydrogen-bond acceptors (Lipinski definition) is 3. The molecule has 0 atom stereocenters. The molecule has 3 rings (SSSR count). The van der Waals surface area contributed by atoms with Crippen molar-refractivity contribution in [3.8, 4) is 0 Å². The summed E-state index contributed by atoms with van der Waals surface area (Å²) in [5.41, 5.74) is 2.68. The first kappa shape index (κ1) is 21.8. The van der Waals surface area contributed by atoms with Crippen molar-refractivity contribution in [3.05, 3.63) is 58.6 Å². The fourth-order valence-electron chi connectivity index (χ4n) is 3.72. The van der Waals surface area contributed by atoms with E-state index in [0.717, 1.165) is 43.2 Å². The highest BCUT2D eigenvalue weighted by Gasteiger charge is 2.34. The SMILES string of the molecule is Cc1ccc(C)c(NC(=O)CN(C2CCCCC2)S(=O)(=O)c2ccc(Cl)cc2)c1. The molecule has 1 amide bonds. The van der Waals surface area contributed by atoms with Gasteiger partial charge in [-0.05, 0) is 68.1 Å². The number of carbonyl (C=O) groups excluding carboxylic acids is 1. The van der Waals surface area contributed by atoms with Crippen molar-refractivity contribution < 1.29 is 13.2 Å². The Balaban J connectivity index is 1.86. The molecule has 0 spiro atoms. The third-order valence-electron chi connectivity index (χ3n) is 5.37. The summed E-state index contributed by atoms with van der Waals surface area (Å²) < 4.78 is 28.1. The van der Waals surface area contributed by atoms with Crippen LogP contribution in [0, 0.1) is 13.8 Å². The summed E-state index contributed by atoms with van der Waals surface area (Å²) in [5.74, 6) is -0.332. The summed E-state index contributed by atoms with van der Waals surface area (Å²) in [6, 6.07) is 11.7. The minimum absolute atomic E-state index is 0.159. The average molecular weight is 435 g/mol. The summed E-state index contributed by atoms with van der Waals surface area (Å²) >= 11 is 5.92. The van der Waals surface area contributed by atoms with Gasteiger partial charge in [-0.15, -0.1) is 0 Å². The molecule has 2 aromatic rings. The molecule has 0 bridgehead atoms. The number of sulfonamides is 1.